The van der Waals surface area contributed by atoms with Gasteiger partial charge >= 0.3 is 5.97 Å². The lowest BCUT2D eigenvalue weighted by atomic mass is 10.1. The first-order valence-corrected chi connectivity index (χ1v) is 4.28. The maximum atomic E-state index is 12.8. The standard InChI is InChI=1S/C11H9FO2/c1-14-11(13)9-4-7-2-3-10(12)6-8(7)5-9/h2-3,5-6H,4H2,1H3. The van der Waals surface area contributed by atoms with E-state index in [4.69, 9.17) is 0 Å². The van der Waals surface area contributed by atoms with Gasteiger partial charge in [-0.05, 0) is 29.3 Å². The number of benzene rings is 1. The fourth-order valence-electron chi connectivity index (χ4n) is 1.57. The summed E-state index contributed by atoms with van der Waals surface area (Å²) in [6.07, 6.45) is 2.20. The maximum absolute atomic E-state index is 12.8. The van der Waals surface area contributed by atoms with Gasteiger partial charge in [-0.2, -0.15) is 0 Å². The summed E-state index contributed by atoms with van der Waals surface area (Å²) in [4.78, 5) is 11.2. The van der Waals surface area contributed by atoms with E-state index in [-0.39, 0.29) is 11.8 Å². The summed E-state index contributed by atoms with van der Waals surface area (Å²) in [5.74, 6) is -0.632. The predicted molar refractivity (Wildman–Crippen MR) is 50.1 cm³/mol. The first-order valence-electron chi connectivity index (χ1n) is 4.28. The van der Waals surface area contributed by atoms with Gasteiger partial charge in [-0.1, -0.05) is 6.07 Å². The Balaban J connectivity index is 2.34. The van der Waals surface area contributed by atoms with E-state index in [1.165, 1.54) is 19.2 Å². The average Bonchev–Trinajstić information content (AvgIpc) is 2.59. The summed E-state index contributed by atoms with van der Waals surface area (Å²) in [7, 11) is 1.34. The van der Waals surface area contributed by atoms with Crippen molar-refractivity contribution < 1.29 is 13.9 Å². The molecule has 0 heterocycles. The lowest BCUT2D eigenvalue weighted by molar-refractivity contribution is -0.136. The summed E-state index contributed by atoms with van der Waals surface area (Å²) >= 11 is 0. The monoisotopic (exact) mass is 192 g/mol. The molecule has 0 unspecified atom stereocenters. The third-order valence-corrected chi connectivity index (χ3v) is 2.27. The molecule has 1 aliphatic rings. The Labute approximate surface area is 81.0 Å². The fourth-order valence-corrected chi connectivity index (χ4v) is 1.57. The van der Waals surface area contributed by atoms with Gasteiger partial charge in [0.25, 0.3) is 0 Å². The Morgan fingerprint density at radius 3 is 3.00 bits per heavy atom. The van der Waals surface area contributed by atoms with Gasteiger partial charge in [-0.25, -0.2) is 9.18 Å². The Morgan fingerprint density at radius 2 is 2.29 bits per heavy atom. The van der Waals surface area contributed by atoms with Crippen LogP contribution in [0, 0.1) is 5.82 Å². The topological polar surface area (TPSA) is 26.3 Å². The molecule has 0 bridgehead atoms. The van der Waals surface area contributed by atoms with Gasteiger partial charge in [0.05, 0.1) is 7.11 Å². The number of rotatable bonds is 1. The third kappa shape index (κ3) is 1.41. The van der Waals surface area contributed by atoms with Crippen LogP contribution in [0.4, 0.5) is 4.39 Å². The van der Waals surface area contributed by atoms with Crippen molar-refractivity contribution in [2.45, 2.75) is 6.42 Å². The lowest BCUT2D eigenvalue weighted by Gasteiger charge is -1.98. The Morgan fingerprint density at radius 1 is 1.50 bits per heavy atom. The molecular weight excluding hydrogens is 183 g/mol. The normalized spacial score (nSPS) is 13.4. The van der Waals surface area contributed by atoms with E-state index in [0.717, 1.165) is 11.1 Å². The molecule has 0 atom stereocenters. The minimum absolute atomic E-state index is 0.286. The molecule has 72 valence electrons. The lowest BCUT2D eigenvalue weighted by Crippen LogP contribution is -2.03. The number of esters is 1. The van der Waals surface area contributed by atoms with E-state index in [1.807, 2.05) is 0 Å². The van der Waals surface area contributed by atoms with Crippen molar-refractivity contribution >= 4 is 12.0 Å². The van der Waals surface area contributed by atoms with Crippen molar-refractivity contribution in [2.75, 3.05) is 7.11 Å². The number of ether oxygens (including phenoxy) is 1. The Kier molecular flexibility index (Phi) is 2.08. The van der Waals surface area contributed by atoms with Gasteiger partial charge in [-0.3, -0.25) is 0 Å². The van der Waals surface area contributed by atoms with Crippen molar-refractivity contribution in [1.29, 1.82) is 0 Å². The number of methoxy groups -OCH3 is 1. The molecule has 2 rings (SSSR count). The quantitative estimate of drug-likeness (QED) is 0.635. The van der Waals surface area contributed by atoms with E-state index in [2.05, 4.69) is 4.74 Å². The second-order valence-electron chi connectivity index (χ2n) is 3.18. The minimum Gasteiger partial charge on any atom is -0.466 e. The Hall–Kier alpha value is -1.64. The number of carbonyl (C=O) groups excluding carboxylic acids is 1. The predicted octanol–water partition coefficient (Wildman–Crippen LogP) is 1.94. The zero-order valence-corrected chi connectivity index (χ0v) is 7.71. The fraction of sp³-hybridized carbons (Fsp3) is 0.182. The molecule has 0 saturated carbocycles. The molecule has 1 aromatic rings. The molecule has 0 aliphatic heterocycles. The summed E-state index contributed by atoms with van der Waals surface area (Å²) in [5.41, 5.74) is 2.31. The molecule has 14 heavy (non-hydrogen) atoms. The van der Waals surface area contributed by atoms with E-state index < -0.39 is 0 Å². The highest BCUT2D eigenvalue weighted by molar-refractivity contribution is 5.96. The summed E-state index contributed by atoms with van der Waals surface area (Å²) < 4.78 is 17.4. The molecule has 0 radical (unpaired) electrons. The van der Waals surface area contributed by atoms with Crippen LogP contribution >= 0.6 is 0 Å². The van der Waals surface area contributed by atoms with Crippen molar-refractivity contribution in [3.05, 3.63) is 40.7 Å². The molecule has 3 heteroatoms. The number of hydrogen-bond donors (Lipinski definition) is 0. The van der Waals surface area contributed by atoms with Crippen molar-refractivity contribution in [1.82, 2.24) is 0 Å². The number of carbonyl (C=O) groups is 1. The minimum atomic E-state index is -0.346. The van der Waals surface area contributed by atoms with E-state index in [1.54, 1.807) is 12.1 Å². The largest absolute Gasteiger partial charge is 0.466 e. The van der Waals surface area contributed by atoms with Crippen molar-refractivity contribution in [3.63, 3.8) is 0 Å². The molecule has 0 spiro atoms. The average molecular weight is 192 g/mol. The van der Waals surface area contributed by atoms with E-state index in [0.29, 0.717) is 12.0 Å². The van der Waals surface area contributed by atoms with Gasteiger partial charge < -0.3 is 4.74 Å². The van der Waals surface area contributed by atoms with Crippen LogP contribution in [-0.2, 0) is 16.0 Å². The van der Waals surface area contributed by atoms with Crippen LogP contribution in [0.3, 0.4) is 0 Å². The zero-order valence-electron chi connectivity index (χ0n) is 7.71. The third-order valence-electron chi connectivity index (χ3n) is 2.27. The number of halogens is 1. The van der Waals surface area contributed by atoms with Gasteiger partial charge in [0.2, 0.25) is 0 Å². The van der Waals surface area contributed by atoms with Crippen LogP contribution in [0.15, 0.2) is 23.8 Å². The zero-order chi connectivity index (χ0) is 10.1. The van der Waals surface area contributed by atoms with Gasteiger partial charge in [0, 0.05) is 12.0 Å². The molecule has 0 N–H and O–H groups in total. The van der Waals surface area contributed by atoms with Crippen LogP contribution in [0.25, 0.3) is 6.08 Å². The molecular formula is C11H9FO2. The first kappa shape index (κ1) is 8.94. The van der Waals surface area contributed by atoms with Crippen molar-refractivity contribution in [2.24, 2.45) is 0 Å². The maximum Gasteiger partial charge on any atom is 0.334 e. The smallest absolute Gasteiger partial charge is 0.334 e. The van der Waals surface area contributed by atoms with Crippen LogP contribution in [0.5, 0.6) is 0 Å². The van der Waals surface area contributed by atoms with Crippen LogP contribution in [0.1, 0.15) is 11.1 Å². The van der Waals surface area contributed by atoms with Gasteiger partial charge in [0.15, 0.2) is 0 Å². The van der Waals surface area contributed by atoms with Crippen molar-refractivity contribution in [3.8, 4) is 0 Å². The number of fused-ring (bicyclic) bond motifs is 1. The molecule has 0 aromatic heterocycles. The van der Waals surface area contributed by atoms with Crippen LogP contribution in [-0.4, -0.2) is 13.1 Å². The summed E-state index contributed by atoms with van der Waals surface area (Å²) in [6, 6.07) is 4.51. The second kappa shape index (κ2) is 3.25. The molecule has 1 aliphatic carbocycles. The Bertz CT molecular complexity index is 421. The summed E-state index contributed by atoms with van der Waals surface area (Å²) in [5, 5.41) is 0. The molecule has 1 aromatic carbocycles. The van der Waals surface area contributed by atoms with Gasteiger partial charge in [0.1, 0.15) is 5.82 Å². The molecule has 0 saturated heterocycles. The molecule has 0 amide bonds. The highest BCUT2D eigenvalue weighted by Crippen LogP contribution is 2.26. The van der Waals surface area contributed by atoms with E-state index in [9.17, 15) is 9.18 Å². The van der Waals surface area contributed by atoms with Crippen LogP contribution < -0.4 is 0 Å². The highest BCUT2D eigenvalue weighted by Gasteiger charge is 2.18. The summed E-state index contributed by atoms with van der Waals surface area (Å²) in [6.45, 7) is 0. The molecule has 2 nitrogen and oxygen atoms in total. The van der Waals surface area contributed by atoms with Crippen LogP contribution in [0.2, 0.25) is 0 Å². The molecule has 0 fully saturated rings. The first-order chi connectivity index (χ1) is 6.70. The second-order valence-corrected chi connectivity index (χ2v) is 3.18. The SMILES string of the molecule is COC(=O)C1=Cc2cc(F)ccc2C1. The van der Waals surface area contributed by atoms with Gasteiger partial charge in [-0.15, -0.1) is 0 Å². The highest BCUT2D eigenvalue weighted by atomic mass is 19.1. The van der Waals surface area contributed by atoms with E-state index >= 15 is 0 Å². The number of hydrogen-bond acceptors (Lipinski definition) is 2.